The molecule has 0 N–H and O–H groups in total. The topological polar surface area (TPSA) is 47.9 Å². The van der Waals surface area contributed by atoms with E-state index in [1.165, 1.54) is 5.56 Å². The fraction of sp³-hybridized carbons (Fsp3) is 0.316. The summed E-state index contributed by atoms with van der Waals surface area (Å²) in [5.41, 5.74) is 3.39. The first-order valence-corrected chi connectivity index (χ1v) is 9.68. The quantitative estimate of drug-likeness (QED) is 0.487. The molecular weight excluding hydrogens is 321 g/mol. The van der Waals surface area contributed by atoms with E-state index in [0.29, 0.717) is 25.2 Å². The molecule has 2 aromatic carbocycles. The van der Waals surface area contributed by atoms with E-state index in [1.54, 1.807) is 13.8 Å². The van der Waals surface area contributed by atoms with Crippen LogP contribution in [-0.2, 0) is 20.2 Å². The van der Waals surface area contributed by atoms with Gasteiger partial charge in [-0.05, 0) is 26.3 Å². The van der Waals surface area contributed by atoms with Crippen molar-refractivity contribution in [2.45, 2.75) is 27.3 Å². The van der Waals surface area contributed by atoms with Crippen LogP contribution in [0.1, 0.15) is 30.5 Å². The molecule has 2 rings (SSSR count). The van der Waals surface area contributed by atoms with Crippen LogP contribution in [0.4, 0.5) is 0 Å². The standard InChI is InChI=1S/C19H24NO3P/c1-4-22-24(21,23-5-2)19(18-9-7-6-8-10-18)20-15-17-13-11-16(3)12-14-17/h6-14H,4-5,15H2,1-3H3. The monoisotopic (exact) mass is 345 g/mol. The molecule has 128 valence electrons. The van der Waals surface area contributed by atoms with Crippen molar-refractivity contribution < 1.29 is 13.6 Å². The number of aliphatic imine (C=N–C) groups is 1. The molecule has 0 radical (unpaired) electrons. The van der Waals surface area contributed by atoms with E-state index in [-0.39, 0.29) is 0 Å². The van der Waals surface area contributed by atoms with Crippen LogP contribution in [0.25, 0.3) is 0 Å². The highest BCUT2D eigenvalue weighted by Gasteiger charge is 2.32. The van der Waals surface area contributed by atoms with E-state index < -0.39 is 7.60 Å². The summed E-state index contributed by atoms with van der Waals surface area (Å²) in [6.07, 6.45) is 0. The minimum Gasteiger partial charge on any atom is -0.304 e. The average Bonchev–Trinajstić information content (AvgIpc) is 2.58. The Labute approximate surface area is 144 Å². The Morgan fingerprint density at radius 1 is 0.958 bits per heavy atom. The Hall–Kier alpha value is -1.74. The summed E-state index contributed by atoms with van der Waals surface area (Å²) < 4.78 is 24.2. The van der Waals surface area contributed by atoms with Crippen LogP contribution in [0.15, 0.2) is 59.6 Å². The molecule has 0 aliphatic heterocycles. The van der Waals surface area contributed by atoms with Gasteiger partial charge in [-0.3, -0.25) is 9.56 Å². The van der Waals surface area contributed by atoms with Gasteiger partial charge in [0.25, 0.3) is 0 Å². The van der Waals surface area contributed by atoms with Crippen LogP contribution in [0.5, 0.6) is 0 Å². The third-order valence-electron chi connectivity index (χ3n) is 3.42. The fourth-order valence-electron chi connectivity index (χ4n) is 2.28. The molecule has 2 aromatic rings. The van der Waals surface area contributed by atoms with Crippen molar-refractivity contribution >= 4 is 13.0 Å². The second-order valence-corrected chi connectivity index (χ2v) is 7.26. The smallest absolute Gasteiger partial charge is 0.304 e. The van der Waals surface area contributed by atoms with Gasteiger partial charge < -0.3 is 9.05 Å². The largest absolute Gasteiger partial charge is 0.379 e. The Morgan fingerprint density at radius 3 is 2.08 bits per heavy atom. The molecule has 0 spiro atoms. The SMILES string of the molecule is CCOP(=O)(OCC)C(=NCc1ccc(C)cc1)c1ccccc1. The summed E-state index contributed by atoms with van der Waals surface area (Å²) in [4.78, 5) is 4.61. The molecule has 0 amide bonds. The first kappa shape index (κ1) is 18.6. The number of hydrogen-bond acceptors (Lipinski definition) is 4. The van der Waals surface area contributed by atoms with Gasteiger partial charge in [-0.25, -0.2) is 0 Å². The van der Waals surface area contributed by atoms with Crippen molar-refractivity contribution in [3.8, 4) is 0 Å². The van der Waals surface area contributed by atoms with Crippen LogP contribution in [0.2, 0.25) is 0 Å². The van der Waals surface area contributed by atoms with Crippen molar-refractivity contribution in [1.29, 1.82) is 0 Å². The van der Waals surface area contributed by atoms with Crippen LogP contribution in [-0.4, -0.2) is 18.7 Å². The fourth-order valence-corrected chi connectivity index (χ4v) is 3.99. The van der Waals surface area contributed by atoms with Crippen molar-refractivity contribution in [3.63, 3.8) is 0 Å². The summed E-state index contributed by atoms with van der Waals surface area (Å²) >= 11 is 0. The highest BCUT2D eigenvalue weighted by Crippen LogP contribution is 2.51. The minimum absolute atomic E-state index is 0.299. The van der Waals surface area contributed by atoms with E-state index in [1.807, 2.05) is 61.5 Å². The summed E-state index contributed by atoms with van der Waals surface area (Å²) in [5.74, 6) is 0. The Morgan fingerprint density at radius 2 is 1.54 bits per heavy atom. The van der Waals surface area contributed by atoms with Gasteiger partial charge in [0, 0.05) is 5.56 Å². The molecule has 0 fully saturated rings. The number of hydrogen-bond donors (Lipinski definition) is 0. The van der Waals surface area contributed by atoms with Gasteiger partial charge in [0.2, 0.25) is 0 Å². The minimum atomic E-state index is -3.45. The van der Waals surface area contributed by atoms with Crippen molar-refractivity contribution in [3.05, 3.63) is 71.3 Å². The number of rotatable bonds is 8. The Balaban J connectivity index is 2.40. The predicted molar refractivity (Wildman–Crippen MR) is 98.7 cm³/mol. The third-order valence-corrected chi connectivity index (χ3v) is 5.54. The van der Waals surface area contributed by atoms with Gasteiger partial charge in [0.15, 0.2) is 5.45 Å². The molecule has 0 saturated heterocycles. The van der Waals surface area contributed by atoms with Crippen LogP contribution < -0.4 is 0 Å². The maximum atomic E-state index is 13.2. The molecule has 0 bridgehead atoms. The lowest BCUT2D eigenvalue weighted by atomic mass is 10.1. The third kappa shape index (κ3) is 4.88. The van der Waals surface area contributed by atoms with E-state index in [0.717, 1.165) is 11.1 Å². The second-order valence-electron chi connectivity index (χ2n) is 5.32. The lowest BCUT2D eigenvalue weighted by molar-refractivity contribution is 0.232. The highest BCUT2D eigenvalue weighted by atomic mass is 31.2. The number of benzene rings is 2. The molecule has 4 nitrogen and oxygen atoms in total. The summed E-state index contributed by atoms with van der Waals surface area (Å²) in [6.45, 7) is 6.67. The van der Waals surface area contributed by atoms with Crippen LogP contribution >= 0.6 is 7.60 Å². The molecule has 24 heavy (non-hydrogen) atoms. The Bertz CT molecular complexity index is 701. The normalized spacial score (nSPS) is 12.4. The zero-order chi connectivity index (χ0) is 17.4. The van der Waals surface area contributed by atoms with Gasteiger partial charge >= 0.3 is 7.60 Å². The molecule has 0 saturated carbocycles. The van der Waals surface area contributed by atoms with E-state index in [2.05, 4.69) is 4.99 Å². The second kappa shape index (κ2) is 8.93. The molecule has 0 heterocycles. The zero-order valence-corrected chi connectivity index (χ0v) is 15.3. The maximum Gasteiger partial charge on any atom is 0.379 e. The van der Waals surface area contributed by atoms with Gasteiger partial charge in [-0.1, -0.05) is 60.2 Å². The van der Waals surface area contributed by atoms with Crippen LogP contribution in [0, 0.1) is 6.92 Å². The lowest BCUT2D eigenvalue weighted by Gasteiger charge is -2.19. The molecule has 0 atom stereocenters. The maximum absolute atomic E-state index is 13.2. The molecule has 0 aliphatic carbocycles. The Kier molecular flexibility index (Phi) is 6.92. The van der Waals surface area contributed by atoms with Gasteiger partial charge in [-0.15, -0.1) is 0 Å². The zero-order valence-electron chi connectivity index (χ0n) is 14.4. The molecule has 5 heteroatoms. The van der Waals surface area contributed by atoms with Gasteiger partial charge in [0.05, 0.1) is 19.8 Å². The first-order valence-electron chi connectivity index (χ1n) is 8.14. The molecule has 0 aromatic heterocycles. The van der Waals surface area contributed by atoms with E-state index >= 15 is 0 Å². The van der Waals surface area contributed by atoms with Gasteiger partial charge in [-0.2, -0.15) is 0 Å². The summed E-state index contributed by atoms with van der Waals surface area (Å²) in [7, 11) is -3.45. The molecular formula is C19H24NO3P. The first-order chi connectivity index (χ1) is 11.6. The molecule has 0 unspecified atom stereocenters. The average molecular weight is 345 g/mol. The highest BCUT2D eigenvalue weighted by molar-refractivity contribution is 7.73. The molecule has 0 aliphatic rings. The summed E-state index contributed by atoms with van der Waals surface area (Å²) in [6, 6.07) is 17.6. The lowest BCUT2D eigenvalue weighted by Crippen LogP contribution is -2.09. The van der Waals surface area contributed by atoms with E-state index in [4.69, 9.17) is 9.05 Å². The number of nitrogens with zero attached hydrogens (tertiary/aromatic N) is 1. The van der Waals surface area contributed by atoms with Crippen molar-refractivity contribution in [2.24, 2.45) is 4.99 Å². The van der Waals surface area contributed by atoms with Crippen molar-refractivity contribution in [1.82, 2.24) is 0 Å². The summed E-state index contributed by atoms with van der Waals surface area (Å²) in [5, 5.41) is 0. The predicted octanol–water partition coefficient (Wildman–Crippen LogP) is 5.21. The van der Waals surface area contributed by atoms with Crippen LogP contribution in [0.3, 0.4) is 0 Å². The van der Waals surface area contributed by atoms with E-state index in [9.17, 15) is 4.57 Å². The number of aryl methyl sites for hydroxylation is 1. The van der Waals surface area contributed by atoms with Gasteiger partial charge in [0.1, 0.15) is 0 Å². The van der Waals surface area contributed by atoms with Crippen molar-refractivity contribution in [2.75, 3.05) is 13.2 Å².